The Morgan fingerprint density at radius 3 is 2.05 bits per heavy atom. The van der Waals surface area contributed by atoms with Crippen LogP contribution in [-0.4, -0.2) is 6.54 Å². The standard InChI is InChI=1S/C17H17F2N/c1-13(14-8-4-2-5-9-14)20-12-16(17(18)19)15-10-6-3-7-11-15/h2-11,13,20H,12H2,1H3/t13-/m0/s1. The summed E-state index contributed by atoms with van der Waals surface area (Å²) in [5.74, 6) is 0. The molecule has 1 nitrogen and oxygen atoms in total. The van der Waals surface area contributed by atoms with Gasteiger partial charge < -0.3 is 5.32 Å². The lowest BCUT2D eigenvalue weighted by Crippen LogP contribution is -2.21. The molecule has 1 atom stereocenters. The molecule has 0 saturated heterocycles. The summed E-state index contributed by atoms with van der Waals surface area (Å²) >= 11 is 0. The Morgan fingerprint density at radius 2 is 1.50 bits per heavy atom. The third kappa shape index (κ3) is 3.75. The van der Waals surface area contributed by atoms with Crippen molar-refractivity contribution in [2.24, 2.45) is 0 Å². The number of halogens is 2. The first kappa shape index (κ1) is 14.4. The van der Waals surface area contributed by atoms with E-state index in [1.54, 1.807) is 24.3 Å². The normalized spacial score (nSPS) is 11.9. The first-order valence-corrected chi connectivity index (χ1v) is 6.56. The molecule has 2 rings (SSSR count). The molecule has 0 unspecified atom stereocenters. The molecule has 0 aliphatic rings. The van der Waals surface area contributed by atoms with E-state index in [1.165, 1.54) is 0 Å². The van der Waals surface area contributed by atoms with Gasteiger partial charge in [-0.05, 0) is 18.1 Å². The lowest BCUT2D eigenvalue weighted by atomic mass is 10.1. The molecule has 0 saturated carbocycles. The second kappa shape index (κ2) is 6.96. The zero-order valence-corrected chi connectivity index (χ0v) is 11.3. The van der Waals surface area contributed by atoms with Crippen molar-refractivity contribution in [3.8, 4) is 0 Å². The number of benzene rings is 2. The van der Waals surface area contributed by atoms with Gasteiger partial charge in [0.25, 0.3) is 6.08 Å². The maximum Gasteiger partial charge on any atom is 0.275 e. The van der Waals surface area contributed by atoms with Gasteiger partial charge in [0.05, 0.1) is 0 Å². The van der Waals surface area contributed by atoms with E-state index in [0.29, 0.717) is 5.56 Å². The molecule has 1 N–H and O–H groups in total. The molecule has 0 bridgehead atoms. The highest BCUT2D eigenvalue weighted by molar-refractivity contribution is 5.67. The summed E-state index contributed by atoms with van der Waals surface area (Å²) in [4.78, 5) is 0. The van der Waals surface area contributed by atoms with Gasteiger partial charge in [-0.2, -0.15) is 8.78 Å². The minimum atomic E-state index is -1.64. The van der Waals surface area contributed by atoms with Crippen LogP contribution in [0, 0.1) is 0 Å². The van der Waals surface area contributed by atoms with Crippen LogP contribution in [0.25, 0.3) is 5.57 Å². The van der Waals surface area contributed by atoms with Crippen molar-refractivity contribution in [1.29, 1.82) is 0 Å². The second-order valence-corrected chi connectivity index (χ2v) is 4.62. The van der Waals surface area contributed by atoms with Gasteiger partial charge in [-0.25, -0.2) is 0 Å². The van der Waals surface area contributed by atoms with Gasteiger partial charge in [0, 0.05) is 18.2 Å². The van der Waals surface area contributed by atoms with Crippen LogP contribution in [0.5, 0.6) is 0 Å². The van der Waals surface area contributed by atoms with Gasteiger partial charge in [0.15, 0.2) is 0 Å². The Labute approximate surface area is 118 Å². The summed E-state index contributed by atoms with van der Waals surface area (Å²) in [6.45, 7) is 2.11. The average molecular weight is 273 g/mol. The molecule has 0 amide bonds. The van der Waals surface area contributed by atoms with Crippen molar-refractivity contribution < 1.29 is 8.78 Å². The highest BCUT2D eigenvalue weighted by atomic mass is 19.3. The van der Waals surface area contributed by atoms with E-state index < -0.39 is 6.08 Å². The topological polar surface area (TPSA) is 12.0 Å². The lowest BCUT2D eigenvalue weighted by molar-refractivity contribution is 0.422. The lowest BCUT2D eigenvalue weighted by Gasteiger charge is -2.15. The quantitative estimate of drug-likeness (QED) is 0.836. The summed E-state index contributed by atoms with van der Waals surface area (Å²) in [6.07, 6.45) is -1.64. The predicted octanol–water partition coefficient (Wildman–Crippen LogP) is 4.65. The Kier molecular flexibility index (Phi) is 5.02. The van der Waals surface area contributed by atoms with Gasteiger partial charge in [-0.3, -0.25) is 0 Å². The zero-order valence-electron chi connectivity index (χ0n) is 11.3. The molecule has 0 aromatic heterocycles. The summed E-state index contributed by atoms with van der Waals surface area (Å²) in [6, 6.07) is 18.5. The van der Waals surface area contributed by atoms with Crippen LogP contribution in [0.3, 0.4) is 0 Å². The number of hydrogen-bond acceptors (Lipinski definition) is 1. The smallest absolute Gasteiger partial charge is 0.275 e. The molecule has 0 aliphatic heterocycles. The number of rotatable bonds is 5. The third-order valence-corrected chi connectivity index (χ3v) is 3.23. The van der Waals surface area contributed by atoms with Crippen LogP contribution in [0.15, 0.2) is 66.7 Å². The number of nitrogens with one attached hydrogen (secondary N) is 1. The van der Waals surface area contributed by atoms with E-state index in [2.05, 4.69) is 5.32 Å². The Bertz CT molecular complexity index is 560. The predicted molar refractivity (Wildman–Crippen MR) is 78.4 cm³/mol. The highest BCUT2D eigenvalue weighted by Crippen LogP contribution is 2.21. The molecule has 0 radical (unpaired) electrons. The average Bonchev–Trinajstić information content (AvgIpc) is 2.49. The van der Waals surface area contributed by atoms with Crippen LogP contribution in [0.2, 0.25) is 0 Å². The van der Waals surface area contributed by atoms with E-state index in [1.807, 2.05) is 43.3 Å². The van der Waals surface area contributed by atoms with E-state index >= 15 is 0 Å². The van der Waals surface area contributed by atoms with Crippen molar-refractivity contribution in [2.45, 2.75) is 13.0 Å². The Balaban J connectivity index is 2.07. The van der Waals surface area contributed by atoms with Crippen LogP contribution < -0.4 is 5.32 Å². The van der Waals surface area contributed by atoms with E-state index in [4.69, 9.17) is 0 Å². The first-order chi connectivity index (χ1) is 9.68. The van der Waals surface area contributed by atoms with Crippen molar-refractivity contribution in [1.82, 2.24) is 5.32 Å². The van der Waals surface area contributed by atoms with Crippen molar-refractivity contribution >= 4 is 5.57 Å². The molecule has 2 aromatic carbocycles. The van der Waals surface area contributed by atoms with Crippen LogP contribution in [-0.2, 0) is 0 Å². The summed E-state index contributed by atoms with van der Waals surface area (Å²) < 4.78 is 26.2. The van der Waals surface area contributed by atoms with Crippen LogP contribution in [0.1, 0.15) is 24.1 Å². The van der Waals surface area contributed by atoms with Gasteiger partial charge in [-0.15, -0.1) is 0 Å². The van der Waals surface area contributed by atoms with E-state index in [9.17, 15) is 8.78 Å². The van der Waals surface area contributed by atoms with Gasteiger partial charge in [-0.1, -0.05) is 60.7 Å². The SMILES string of the molecule is C[C@H](NCC(=C(F)F)c1ccccc1)c1ccccc1. The highest BCUT2D eigenvalue weighted by Gasteiger charge is 2.11. The minimum absolute atomic E-state index is 0.0225. The maximum atomic E-state index is 13.1. The van der Waals surface area contributed by atoms with Gasteiger partial charge >= 0.3 is 0 Å². The molecule has 0 aliphatic carbocycles. The summed E-state index contributed by atoms with van der Waals surface area (Å²) in [5, 5.41) is 3.14. The summed E-state index contributed by atoms with van der Waals surface area (Å²) in [7, 11) is 0. The molecule has 0 heterocycles. The van der Waals surface area contributed by atoms with Crippen LogP contribution in [0.4, 0.5) is 8.78 Å². The van der Waals surface area contributed by atoms with E-state index in [0.717, 1.165) is 5.56 Å². The first-order valence-electron chi connectivity index (χ1n) is 6.56. The van der Waals surface area contributed by atoms with Gasteiger partial charge in [0.2, 0.25) is 0 Å². The van der Waals surface area contributed by atoms with Crippen molar-refractivity contribution in [2.75, 3.05) is 6.54 Å². The Hall–Kier alpha value is -2.00. The second-order valence-electron chi connectivity index (χ2n) is 4.62. The van der Waals surface area contributed by atoms with Crippen LogP contribution >= 0.6 is 0 Å². The monoisotopic (exact) mass is 273 g/mol. The molecule has 0 fully saturated rings. The van der Waals surface area contributed by atoms with Crippen molar-refractivity contribution in [3.05, 3.63) is 77.9 Å². The molecule has 104 valence electrons. The zero-order chi connectivity index (χ0) is 14.4. The molecule has 2 aromatic rings. The maximum absolute atomic E-state index is 13.1. The minimum Gasteiger partial charge on any atom is -0.306 e. The third-order valence-electron chi connectivity index (χ3n) is 3.23. The van der Waals surface area contributed by atoms with Gasteiger partial charge in [0.1, 0.15) is 0 Å². The molecule has 0 spiro atoms. The fourth-order valence-electron chi connectivity index (χ4n) is 2.03. The fourth-order valence-corrected chi connectivity index (χ4v) is 2.03. The number of hydrogen-bond donors (Lipinski definition) is 1. The summed E-state index contributed by atoms with van der Waals surface area (Å²) in [5.41, 5.74) is 1.69. The molecule has 3 heteroatoms. The molecule has 20 heavy (non-hydrogen) atoms. The Morgan fingerprint density at radius 1 is 0.950 bits per heavy atom. The fraction of sp³-hybridized carbons (Fsp3) is 0.176. The molecular formula is C17H17F2N. The van der Waals surface area contributed by atoms with Crippen molar-refractivity contribution in [3.63, 3.8) is 0 Å². The van der Waals surface area contributed by atoms with E-state index in [-0.39, 0.29) is 18.2 Å². The largest absolute Gasteiger partial charge is 0.306 e. The molecular weight excluding hydrogens is 256 g/mol.